The first-order chi connectivity index (χ1) is 9.50. The Morgan fingerprint density at radius 3 is 1.95 bits per heavy atom. The summed E-state index contributed by atoms with van der Waals surface area (Å²) in [7, 11) is 4.09. The first kappa shape index (κ1) is 16.3. The molecule has 0 aromatic rings. The molecule has 118 valence electrons. The summed E-state index contributed by atoms with van der Waals surface area (Å²) < 4.78 is 6.14. The zero-order chi connectivity index (χ0) is 14.8. The highest BCUT2D eigenvalue weighted by Crippen LogP contribution is 2.44. The van der Waals surface area contributed by atoms with Crippen molar-refractivity contribution in [2.24, 2.45) is 23.7 Å². The fourth-order valence-corrected chi connectivity index (χ4v) is 5.10. The lowest BCUT2D eigenvalue weighted by molar-refractivity contribution is -0.0936. The highest BCUT2D eigenvalue weighted by atomic mass is 16.5. The molecule has 2 aliphatic carbocycles. The van der Waals surface area contributed by atoms with E-state index in [2.05, 4.69) is 33.1 Å². The SMILES string of the molecule is CNC(C1CC(C)CC(C)C1)C1(OC)CCC(C)CC1. The predicted octanol–water partition coefficient (Wildman–Crippen LogP) is 4.24. The minimum atomic E-state index is 0.0860. The molecular weight excluding hydrogens is 246 g/mol. The maximum atomic E-state index is 6.14. The van der Waals surface area contributed by atoms with Gasteiger partial charge in [-0.05, 0) is 75.7 Å². The molecule has 0 saturated heterocycles. The molecule has 2 heteroatoms. The van der Waals surface area contributed by atoms with Gasteiger partial charge in [0.2, 0.25) is 0 Å². The van der Waals surface area contributed by atoms with E-state index in [4.69, 9.17) is 4.74 Å². The van der Waals surface area contributed by atoms with E-state index in [-0.39, 0.29) is 5.60 Å². The van der Waals surface area contributed by atoms with Gasteiger partial charge in [0.25, 0.3) is 0 Å². The molecule has 0 amide bonds. The lowest BCUT2D eigenvalue weighted by Crippen LogP contribution is -2.57. The van der Waals surface area contributed by atoms with Crippen LogP contribution >= 0.6 is 0 Å². The minimum absolute atomic E-state index is 0.0860. The molecule has 0 bridgehead atoms. The van der Waals surface area contributed by atoms with Crippen molar-refractivity contribution in [2.75, 3.05) is 14.2 Å². The molecule has 3 atom stereocenters. The van der Waals surface area contributed by atoms with Crippen LogP contribution < -0.4 is 5.32 Å². The molecule has 20 heavy (non-hydrogen) atoms. The van der Waals surface area contributed by atoms with Crippen molar-refractivity contribution < 1.29 is 4.74 Å². The summed E-state index contributed by atoms with van der Waals surface area (Å²) in [6.45, 7) is 7.24. The molecule has 2 nitrogen and oxygen atoms in total. The summed E-state index contributed by atoms with van der Waals surface area (Å²) in [6, 6.07) is 0.533. The van der Waals surface area contributed by atoms with Gasteiger partial charge in [-0.25, -0.2) is 0 Å². The lowest BCUT2D eigenvalue weighted by atomic mass is 9.66. The minimum Gasteiger partial charge on any atom is -0.377 e. The Labute approximate surface area is 126 Å². The van der Waals surface area contributed by atoms with Gasteiger partial charge in [0.05, 0.1) is 5.60 Å². The van der Waals surface area contributed by atoms with Crippen LogP contribution in [0.4, 0.5) is 0 Å². The second kappa shape index (κ2) is 6.79. The lowest BCUT2D eigenvalue weighted by Gasteiger charge is -2.49. The van der Waals surface area contributed by atoms with Crippen molar-refractivity contribution in [2.45, 2.75) is 77.4 Å². The van der Waals surface area contributed by atoms with Gasteiger partial charge in [-0.15, -0.1) is 0 Å². The third kappa shape index (κ3) is 3.39. The summed E-state index contributed by atoms with van der Waals surface area (Å²) >= 11 is 0. The first-order valence-electron chi connectivity index (χ1n) is 8.73. The Balaban J connectivity index is 2.12. The van der Waals surface area contributed by atoms with Gasteiger partial charge in [0.15, 0.2) is 0 Å². The number of methoxy groups -OCH3 is 1. The number of rotatable bonds is 4. The number of hydrogen-bond donors (Lipinski definition) is 1. The third-order valence-corrected chi connectivity index (χ3v) is 6.09. The van der Waals surface area contributed by atoms with Crippen LogP contribution in [0.3, 0.4) is 0 Å². The van der Waals surface area contributed by atoms with E-state index in [1.165, 1.54) is 44.9 Å². The van der Waals surface area contributed by atoms with E-state index in [1.54, 1.807) is 0 Å². The standard InChI is InChI=1S/C18H35NO/c1-13-6-8-18(20-5,9-7-13)17(19-4)16-11-14(2)10-15(3)12-16/h13-17,19H,6-12H2,1-5H3. The highest BCUT2D eigenvalue weighted by molar-refractivity contribution is 5.00. The maximum absolute atomic E-state index is 6.14. The summed E-state index contributed by atoms with van der Waals surface area (Å²) in [5.74, 6) is 3.40. The van der Waals surface area contributed by atoms with Crippen LogP contribution in [0.1, 0.15) is 65.7 Å². The molecule has 0 aromatic carbocycles. The Morgan fingerprint density at radius 1 is 0.950 bits per heavy atom. The summed E-state index contributed by atoms with van der Waals surface area (Å²) in [5.41, 5.74) is 0.0860. The number of nitrogens with one attached hydrogen (secondary N) is 1. The van der Waals surface area contributed by atoms with Gasteiger partial charge in [-0.2, -0.15) is 0 Å². The van der Waals surface area contributed by atoms with Crippen LogP contribution in [0.25, 0.3) is 0 Å². The van der Waals surface area contributed by atoms with E-state index in [0.717, 1.165) is 23.7 Å². The zero-order valence-corrected chi connectivity index (χ0v) is 14.2. The molecule has 0 radical (unpaired) electrons. The van der Waals surface area contributed by atoms with Crippen molar-refractivity contribution in [1.29, 1.82) is 0 Å². The van der Waals surface area contributed by atoms with Gasteiger partial charge in [-0.1, -0.05) is 20.8 Å². The van der Waals surface area contributed by atoms with Crippen molar-refractivity contribution in [3.05, 3.63) is 0 Å². The van der Waals surface area contributed by atoms with Gasteiger partial charge in [0, 0.05) is 13.2 Å². The van der Waals surface area contributed by atoms with Crippen LogP contribution in [-0.2, 0) is 4.74 Å². The zero-order valence-electron chi connectivity index (χ0n) is 14.2. The fraction of sp³-hybridized carbons (Fsp3) is 1.00. The Kier molecular flexibility index (Phi) is 5.53. The van der Waals surface area contributed by atoms with Crippen molar-refractivity contribution in [3.63, 3.8) is 0 Å². The molecule has 0 spiro atoms. The first-order valence-corrected chi connectivity index (χ1v) is 8.73. The highest BCUT2D eigenvalue weighted by Gasteiger charge is 2.45. The third-order valence-electron chi connectivity index (χ3n) is 6.09. The fourth-order valence-electron chi connectivity index (χ4n) is 5.10. The van der Waals surface area contributed by atoms with Crippen LogP contribution in [0.5, 0.6) is 0 Å². The Morgan fingerprint density at radius 2 is 1.50 bits per heavy atom. The second-order valence-corrected chi connectivity index (χ2v) is 7.90. The van der Waals surface area contributed by atoms with E-state index in [9.17, 15) is 0 Å². The quantitative estimate of drug-likeness (QED) is 0.832. The monoisotopic (exact) mass is 281 g/mol. The molecule has 0 heterocycles. The van der Waals surface area contributed by atoms with Crippen LogP contribution in [-0.4, -0.2) is 25.8 Å². The average Bonchev–Trinajstić information content (AvgIpc) is 2.41. The Hall–Kier alpha value is -0.0800. The Bertz CT molecular complexity index is 286. The molecule has 2 rings (SSSR count). The van der Waals surface area contributed by atoms with Crippen LogP contribution in [0, 0.1) is 23.7 Å². The molecule has 0 aromatic heterocycles. The smallest absolute Gasteiger partial charge is 0.0833 e. The molecule has 3 unspecified atom stereocenters. The normalized spacial score (nSPS) is 44.2. The molecule has 0 aliphatic heterocycles. The number of hydrogen-bond acceptors (Lipinski definition) is 2. The van der Waals surface area contributed by atoms with Crippen molar-refractivity contribution >= 4 is 0 Å². The number of likely N-dealkylation sites (N-methyl/N-ethyl adjacent to an activating group) is 1. The molecule has 2 fully saturated rings. The topological polar surface area (TPSA) is 21.3 Å². The van der Waals surface area contributed by atoms with Gasteiger partial charge in [0.1, 0.15) is 0 Å². The molecule has 1 N–H and O–H groups in total. The summed E-state index contributed by atoms with van der Waals surface area (Å²) in [4.78, 5) is 0. The van der Waals surface area contributed by atoms with E-state index < -0.39 is 0 Å². The summed E-state index contributed by atoms with van der Waals surface area (Å²) in [6.07, 6.45) is 9.26. The van der Waals surface area contributed by atoms with Crippen molar-refractivity contribution in [1.82, 2.24) is 5.32 Å². The maximum Gasteiger partial charge on any atom is 0.0833 e. The van der Waals surface area contributed by atoms with Gasteiger partial charge < -0.3 is 10.1 Å². The van der Waals surface area contributed by atoms with Gasteiger partial charge in [-0.3, -0.25) is 0 Å². The van der Waals surface area contributed by atoms with Crippen LogP contribution in [0.2, 0.25) is 0 Å². The average molecular weight is 281 g/mol. The molecule has 2 saturated carbocycles. The van der Waals surface area contributed by atoms with E-state index in [0.29, 0.717) is 6.04 Å². The van der Waals surface area contributed by atoms with Crippen molar-refractivity contribution in [3.8, 4) is 0 Å². The molecular formula is C18H35NO. The van der Waals surface area contributed by atoms with Gasteiger partial charge >= 0.3 is 0 Å². The number of ether oxygens (including phenoxy) is 1. The van der Waals surface area contributed by atoms with E-state index >= 15 is 0 Å². The molecule has 2 aliphatic rings. The predicted molar refractivity (Wildman–Crippen MR) is 85.9 cm³/mol. The second-order valence-electron chi connectivity index (χ2n) is 7.90. The van der Waals surface area contributed by atoms with E-state index in [1.807, 2.05) is 7.11 Å². The summed E-state index contributed by atoms with van der Waals surface area (Å²) in [5, 5.41) is 3.66. The van der Waals surface area contributed by atoms with Crippen LogP contribution in [0.15, 0.2) is 0 Å². The largest absolute Gasteiger partial charge is 0.377 e.